The first-order valence-electron chi connectivity index (χ1n) is 7.55. The molecule has 0 aliphatic heterocycles. The molecule has 1 unspecified atom stereocenters. The molecule has 1 amide bonds. The van der Waals surface area contributed by atoms with Gasteiger partial charge < -0.3 is 10.1 Å². The Labute approximate surface area is 134 Å². The van der Waals surface area contributed by atoms with Crippen LogP contribution in [-0.2, 0) is 11.2 Å². The van der Waals surface area contributed by atoms with Crippen LogP contribution >= 0.6 is 0 Å². The molecule has 0 radical (unpaired) electrons. The zero-order chi connectivity index (χ0) is 16.8. The maximum absolute atomic E-state index is 13.2. The minimum atomic E-state index is -1.01. The predicted octanol–water partition coefficient (Wildman–Crippen LogP) is 4.32. The lowest BCUT2D eigenvalue weighted by Crippen LogP contribution is -2.32. The van der Waals surface area contributed by atoms with Gasteiger partial charge in [0.1, 0.15) is 5.75 Å². The van der Waals surface area contributed by atoms with Crippen LogP contribution in [0.2, 0.25) is 0 Å². The highest BCUT2D eigenvalue weighted by Crippen LogP contribution is 2.18. The van der Waals surface area contributed by atoms with Gasteiger partial charge >= 0.3 is 0 Å². The van der Waals surface area contributed by atoms with Crippen molar-refractivity contribution in [1.29, 1.82) is 0 Å². The molecule has 5 heteroatoms. The Kier molecular flexibility index (Phi) is 5.68. The molecule has 122 valence electrons. The summed E-state index contributed by atoms with van der Waals surface area (Å²) in [4.78, 5) is 12.2. The minimum Gasteiger partial charge on any atom is -0.481 e. The number of nitrogens with one attached hydrogen (secondary N) is 1. The molecule has 2 aromatic carbocycles. The third kappa shape index (κ3) is 4.52. The molecule has 0 saturated carbocycles. The van der Waals surface area contributed by atoms with Crippen LogP contribution in [0.3, 0.4) is 0 Å². The number of hydrogen-bond donors (Lipinski definition) is 1. The van der Waals surface area contributed by atoms with E-state index in [1.807, 2.05) is 31.2 Å². The molecule has 0 aliphatic rings. The molecule has 0 saturated heterocycles. The van der Waals surface area contributed by atoms with Crippen LogP contribution in [0.5, 0.6) is 5.75 Å². The summed E-state index contributed by atoms with van der Waals surface area (Å²) in [6, 6.07) is 10.7. The van der Waals surface area contributed by atoms with Gasteiger partial charge in [-0.05, 0) is 42.7 Å². The van der Waals surface area contributed by atoms with Gasteiger partial charge in [0, 0.05) is 11.8 Å². The zero-order valence-corrected chi connectivity index (χ0v) is 13.1. The number of anilines is 1. The fourth-order valence-corrected chi connectivity index (χ4v) is 2.09. The van der Waals surface area contributed by atoms with Gasteiger partial charge in [0.2, 0.25) is 0 Å². The second kappa shape index (κ2) is 7.72. The molecule has 3 nitrogen and oxygen atoms in total. The number of benzene rings is 2. The van der Waals surface area contributed by atoms with E-state index in [-0.39, 0.29) is 5.69 Å². The van der Waals surface area contributed by atoms with Gasteiger partial charge in [-0.1, -0.05) is 26.0 Å². The molecular formula is C18H19F2NO2. The molecule has 0 aliphatic carbocycles. The highest BCUT2D eigenvalue weighted by atomic mass is 19.2. The first-order valence-corrected chi connectivity index (χ1v) is 7.55. The molecule has 0 aromatic heterocycles. The van der Waals surface area contributed by atoms with Crippen LogP contribution in [0.25, 0.3) is 0 Å². The van der Waals surface area contributed by atoms with E-state index < -0.39 is 23.6 Å². The summed E-state index contributed by atoms with van der Waals surface area (Å²) in [6.45, 7) is 3.87. The van der Waals surface area contributed by atoms with E-state index in [9.17, 15) is 13.6 Å². The molecule has 2 aromatic rings. The van der Waals surface area contributed by atoms with Gasteiger partial charge in [-0.3, -0.25) is 4.79 Å². The Bertz CT molecular complexity index is 671. The van der Waals surface area contributed by atoms with Crippen molar-refractivity contribution in [2.75, 3.05) is 5.32 Å². The van der Waals surface area contributed by atoms with E-state index in [4.69, 9.17) is 4.74 Å². The summed E-state index contributed by atoms with van der Waals surface area (Å²) in [5, 5.41) is 2.53. The normalized spacial score (nSPS) is 11.8. The van der Waals surface area contributed by atoms with Crippen LogP contribution in [0.1, 0.15) is 25.8 Å². The Balaban J connectivity index is 2.03. The average molecular weight is 319 g/mol. The van der Waals surface area contributed by atoms with Gasteiger partial charge in [0.25, 0.3) is 5.91 Å². The first kappa shape index (κ1) is 16.9. The molecule has 1 N–H and O–H groups in total. The molecule has 23 heavy (non-hydrogen) atoms. The number of rotatable bonds is 6. The molecule has 0 bridgehead atoms. The number of aryl methyl sites for hydroxylation is 1. The molecule has 2 rings (SSSR count). The van der Waals surface area contributed by atoms with Crippen LogP contribution in [0, 0.1) is 11.6 Å². The average Bonchev–Trinajstić information content (AvgIpc) is 2.56. The van der Waals surface area contributed by atoms with Crippen molar-refractivity contribution in [2.24, 2.45) is 0 Å². The summed E-state index contributed by atoms with van der Waals surface area (Å²) < 4.78 is 31.7. The molecule has 0 fully saturated rings. The van der Waals surface area contributed by atoms with E-state index in [0.29, 0.717) is 12.2 Å². The monoisotopic (exact) mass is 319 g/mol. The van der Waals surface area contributed by atoms with Gasteiger partial charge in [-0.2, -0.15) is 0 Å². The first-order chi connectivity index (χ1) is 11.0. The molecule has 0 spiro atoms. The van der Waals surface area contributed by atoms with Crippen LogP contribution < -0.4 is 10.1 Å². The highest BCUT2D eigenvalue weighted by Gasteiger charge is 2.19. The van der Waals surface area contributed by atoms with Crippen LogP contribution in [0.15, 0.2) is 42.5 Å². The number of hydrogen-bond acceptors (Lipinski definition) is 2. The Morgan fingerprint density at radius 1 is 1.09 bits per heavy atom. The van der Waals surface area contributed by atoms with E-state index in [0.717, 1.165) is 18.6 Å². The van der Waals surface area contributed by atoms with E-state index in [2.05, 4.69) is 12.2 Å². The topological polar surface area (TPSA) is 38.3 Å². The Morgan fingerprint density at radius 3 is 2.35 bits per heavy atom. The maximum atomic E-state index is 13.2. The third-order valence-electron chi connectivity index (χ3n) is 3.46. The number of ether oxygens (including phenoxy) is 1. The lowest BCUT2D eigenvalue weighted by atomic mass is 10.1. The third-order valence-corrected chi connectivity index (χ3v) is 3.46. The quantitative estimate of drug-likeness (QED) is 0.861. The second-order valence-corrected chi connectivity index (χ2v) is 5.13. The maximum Gasteiger partial charge on any atom is 0.265 e. The van der Waals surface area contributed by atoms with Gasteiger partial charge in [-0.25, -0.2) is 8.78 Å². The van der Waals surface area contributed by atoms with Crippen molar-refractivity contribution in [2.45, 2.75) is 32.8 Å². The van der Waals surface area contributed by atoms with Crippen molar-refractivity contribution in [3.63, 3.8) is 0 Å². The lowest BCUT2D eigenvalue weighted by molar-refractivity contribution is -0.122. The van der Waals surface area contributed by atoms with Crippen LogP contribution in [0.4, 0.5) is 14.5 Å². The number of carbonyl (C=O) groups excluding carboxylic acids is 1. The van der Waals surface area contributed by atoms with Crippen molar-refractivity contribution < 1.29 is 18.3 Å². The molecule has 1 atom stereocenters. The summed E-state index contributed by atoms with van der Waals surface area (Å²) in [7, 11) is 0. The molecular weight excluding hydrogens is 300 g/mol. The van der Waals surface area contributed by atoms with Gasteiger partial charge in [0.05, 0.1) is 0 Å². The van der Waals surface area contributed by atoms with Crippen molar-refractivity contribution in [3.05, 3.63) is 59.7 Å². The fourth-order valence-electron chi connectivity index (χ4n) is 2.09. The Hall–Kier alpha value is -2.43. The van der Waals surface area contributed by atoms with E-state index in [1.54, 1.807) is 0 Å². The highest BCUT2D eigenvalue weighted by molar-refractivity contribution is 5.94. The summed E-state index contributed by atoms with van der Waals surface area (Å²) in [5.41, 5.74) is 1.37. The molecule has 0 heterocycles. The Morgan fingerprint density at radius 2 is 1.78 bits per heavy atom. The lowest BCUT2D eigenvalue weighted by Gasteiger charge is -2.17. The van der Waals surface area contributed by atoms with E-state index >= 15 is 0 Å². The van der Waals surface area contributed by atoms with Crippen molar-refractivity contribution >= 4 is 11.6 Å². The predicted molar refractivity (Wildman–Crippen MR) is 85.5 cm³/mol. The smallest absolute Gasteiger partial charge is 0.265 e. The zero-order valence-electron chi connectivity index (χ0n) is 13.1. The second-order valence-electron chi connectivity index (χ2n) is 5.13. The largest absolute Gasteiger partial charge is 0.481 e. The van der Waals surface area contributed by atoms with Gasteiger partial charge in [0.15, 0.2) is 17.7 Å². The summed E-state index contributed by atoms with van der Waals surface area (Å²) in [5.74, 6) is -1.78. The standard InChI is InChI=1S/C18H19F2NO2/c1-3-12-5-8-14(9-6-12)23-17(4-2)18(22)21-13-7-10-15(19)16(20)11-13/h5-11,17H,3-4H2,1-2H3,(H,21,22). The number of carbonyl (C=O) groups is 1. The minimum absolute atomic E-state index is 0.192. The fraction of sp³-hybridized carbons (Fsp3) is 0.278. The number of halogens is 2. The summed E-state index contributed by atoms with van der Waals surface area (Å²) in [6.07, 6.45) is 0.662. The number of amides is 1. The van der Waals surface area contributed by atoms with Crippen molar-refractivity contribution in [1.82, 2.24) is 0 Å². The van der Waals surface area contributed by atoms with E-state index in [1.165, 1.54) is 11.6 Å². The van der Waals surface area contributed by atoms with Crippen LogP contribution in [-0.4, -0.2) is 12.0 Å². The van der Waals surface area contributed by atoms with Gasteiger partial charge in [-0.15, -0.1) is 0 Å². The van der Waals surface area contributed by atoms with Crippen molar-refractivity contribution in [3.8, 4) is 5.75 Å². The summed E-state index contributed by atoms with van der Waals surface area (Å²) >= 11 is 0. The SMILES string of the molecule is CCc1ccc(OC(CC)C(=O)Nc2ccc(F)c(F)c2)cc1.